The van der Waals surface area contributed by atoms with Crippen molar-refractivity contribution in [1.29, 1.82) is 0 Å². The van der Waals surface area contributed by atoms with E-state index in [2.05, 4.69) is 17.0 Å². The summed E-state index contributed by atoms with van der Waals surface area (Å²) < 4.78 is 0. The molecule has 0 saturated carbocycles. The van der Waals surface area contributed by atoms with E-state index >= 15 is 0 Å². The maximum Gasteiger partial charge on any atom is 0.221 e. The van der Waals surface area contributed by atoms with Crippen molar-refractivity contribution in [3.63, 3.8) is 0 Å². The molecule has 0 aliphatic heterocycles. The first-order valence-corrected chi connectivity index (χ1v) is 4.47. The molecule has 0 saturated heterocycles. The van der Waals surface area contributed by atoms with Crippen LogP contribution in [0.4, 0.5) is 11.4 Å². The van der Waals surface area contributed by atoms with Gasteiger partial charge < -0.3 is 5.32 Å². The van der Waals surface area contributed by atoms with E-state index in [1.165, 1.54) is 6.92 Å². The number of carbonyl (C=O) groups is 1. The molecule has 3 nitrogen and oxygen atoms in total. The summed E-state index contributed by atoms with van der Waals surface area (Å²) in [6, 6.07) is 3.55. The monoisotopic (exact) mass is 210 g/mol. The summed E-state index contributed by atoms with van der Waals surface area (Å²) >= 11 is 5.90. The molecule has 1 aromatic carbocycles. The number of anilines is 1. The second-order valence-corrected chi connectivity index (χ2v) is 3.33. The van der Waals surface area contributed by atoms with Gasteiger partial charge in [0.05, 0.1) is 10.7 Å². The molecule has 1 amide bonds. The van der Waals surface area contributed by atoms with Gasteiger partial charge in [0.1, 0.15) is 5.69 Å². The van der Waals surface area contributed by atoms with Crippen LogP contribution in [0.15, 0.2) is 17.1 Å². The van der Waals surface area contributed by atoms with Gasteiger partial charge in [-0.2, -0.15) is 0 Å². The Hall–Kier alpha value is -1.35. The van der Waals surface area contributed by atoms with Crippen molar-refractivity contribution >= 4 is 35.6 Å². The molecule has 0 aliphatic rings. The number of hydrogen-bond acceptors (Lipinski definition) is 2. The maximum atomic E-state index is 10.9. The van der Waals surface area contributed by atoms with Crippen molar-refractivity contribution in [1.82, 2.24) is 0 Å². The van der Waals surface area contributed by atoms with E-state index < -0.39 is 0 Å². The first kappa shape index (κ1) is 10.7. The quantitative estimate of drug-likeness (QED) is 0.750. The first-order chi connectivity index (χ1) is 6.56. The molecule has 0 aromatic heterocycles. The van der Waals surface area contributed by atoms with Crippen LogP contribution < -0.4 is 5.32 Å². The number of carbonyl (C=O) groups excluding carboxylic acids is 1. The molecule has 0 aliphatic carbocycles. The van der Waals surface area contributed by atoms with Gasteiger partial charge in [-0.1, -0.05) is 17.7 Å². The zero-order valence-corrected chi connectivity index (χ0v) is 8.85. The van der Waals surface area contributed by atoms with Gasteiger partial charge in [-0.3, -0.25) is 9.79 Å². The van der Waals surface area contributed by atoms with E-state index in [1.807, 2.05) is 13.0 Å². The molecule has 4 heteroatoms. The fourth-order valence-corrected chi connectivity index (χ4v) is 1.37. The SMILES string of the molecule is C=Nc1c(Cl)ccc(C)c1NC(C)=O. The molecular weight excluding hydrogens is 200 g/mol. The molecule has 0 heterocycles. The highest BCUT2D eigenvalue weighted by Gasteiger charge is 2.09. The number of hydrogen-bond donors (Lipinski definition) is 1. The smallest absolute Gasteiger partial charge is 0.221 e. The normalized spacial score (nSPS) is 9.64. The summed E-state index contributed by atoms with van der Waals surface area (Å²) in [7, 11) is 0. The fraction of sp³-hybridized carbons (Fsp3) is 0.200. The molecular formula is C10H11ClN2O. The predicted octanol–water partition coefficient (Wildman–Crippen LogP) is 2.94. The Morgan fingerprint density at radius 1 is 1.57 bits per heavy atom. The van der Waals surface area contributed by atoms with Crippen LogP contribution in [-0.4, -0.2) is 12.6 Å². The van der Waals surface area contributed by atoms with E-state index in [9.17, 15) is 4.79 Å². The molecule has 0 spiro atoms. The summed E-state index contributed by atoms with van der Waals surface area (Å²) in [5.41, 5.74) is 2.05. The largest absolute Gasteiger partial charge is 0.324 e. The molecule has 74 valence electrons. The zero-order valence-electron chi connectivity index (χ0n) is 8.10. The lowest BCUT2D eigenvalue weighted by Crippen LogP contribution is -2.07. The minimum Gasteiger partial charge on any atom is -0.324 e. The Bertz CT molecular complexity index is 388. The van der Waals surface area contributed by atoms with E-state index in [0.717, 1.165) is 5.56 Å². The van der Waals surface area contributed by atoms with Crippen molar-refractivity contribution in [2.75, 3.05) is 5.32 Å². The van der Waals surface area contributed by atoms with E-state index in [4.69, 9.17) is 11.6 Å². The highest BCUT2D eigenvalue weighted by Crippen LogP contribution is 2.35. The van der Waals surface area contributed by atoms with Crippen molar-refractivity contribution in [3.05, 3.63) is 22.7 Å². The van der Waals surface area contributed by atoms with Gasteiger partial charge in [-0.05, 0) is 25.3 Å². The van der Waals surface area contributed by atoms with E-state index in [1.54, 1.807) is 6.07 Å². The van der Waals surface area contributed by atoms with E-state index in [-0.39, 0.29) is 5.91 Å². The predicted molar refractivity (Wildman–Crippen MR) is 59.7 cm³/mol. The number of nitrogens with one attached hydrogen (secondary N) is 1. The van der Waals surface area contributed by atoms with E-state index in [0.29, 0.717) is 16.4 Å². The third-order valence-corrected chi connectivity index (χ3v) is 2.10. The van der Waals surface area contributed by atoms with Crippen LogP contribution in [0.5, 0.6) is 0 Å². The molecule has 0 radical (unpaired) electrons. The Balaban J connectivity index is 3.29. The van der Waals surface area contributed by atoms with Gasteiger partial charge in [0, 0.05) is 6.92 Å². The minimum absolute atomic E-state index is 0.153. The van der Waals surface area contributed by atoms with Crippen LogP contribution in [0.25, 0.3) is 0 Å². The lowest BCUT2D eigenvalue weighted by molar-refractivity contribution is -0.114. The standard InChI is InChI=1S/C10H11ClN2O/c1-6-4-5-8(11)10(12-3)9(6)13-7(2)14/h4-5H,3H2,1-2H3,(H,13,14). The highest BCUT2D eigenvalue weighted by molar-refractivity contribution is 6.34. The fourth-order valence-electron chi connectivity index (χ4n) is 1.16. The van der Waals surface area contributed by atoms with Gasteiger partial charge in [0.15, 0.2) is 0 Å². The minimum atomic E-state index is -0.153. The number of halogens is 1. The lowest BCUT2D eigenvalue weighted by atomic mass is 10.1. The summed E-state index contributed by atoms with van der Waals surface area (Å²) in [4.78, 5) is 14.7. The average molecular weight is 211 g/mol. The Morgan fingerprint density at radius 3 is 2.71 bits per heavy atom. The zero-order chi connectivity index (χ0) is 10.7. The van der Waals surface area contributed by atoms with Crippen molar-refractivity contribution in [2.24, 2.45) is 4.99 Å². The Labute approximate surface area is 87.8 Å². The van der Waals surface area contributed by atoms with Crippen LogP contribution in [0.3, 0.4) is 0 Å². The number of amides is 1. The third-order valence-electron chi connectivity index (χ3n) is 1.80. The second-order valence-electron chi connectivity index (χ2n) is 2.93. The van der Waals surface area contributed by atoms with Crippen LogP contribution in [-0.2, 0) is 4.79 Å². The summed E-state index contributed by atoms with van der Waals surface area (Å²) in [5.74, 6) is -0.153. The van der Waals surface area contributed by atoms with Gasteiger partial charge in [0.25, 0.3) is 0 Å². The van der Waals surface area contributed by atoms with Crippen molar-refractivity contribution in [3.8, 4) is 0 Å². The van der Waals surface area contributed by atoms with Crippen LogP contribution in [0, 0.1) is 6.92 Å². The van der Waals surface area contributed by atoms with Crippen LogP contribution in [0.2, 0.25) is 5.02 Å². The summed E-state index contributed by atoms with van der Waals surface area (Å²) in [5, 5.41) is 3.16. The summed E-state index contributed by atoms with van der Waals surface area (Å²) in [6.07, 6.45) is 0. The molecule has 0 unspecified atom stereocenters. The Morgan fingerprint density at radius 2 is 2.21 bits per heavy atom. The molecule has 1 N–H and O–H groups in total. The highest BCUT2D eigenvalue weighted by atomic mass is 35.5. The van der Waals surface area contributed by atoms with Gasteiger partial charge in [-0.25, -0.2) is 0 Å². The molecule has 1 rings (SSSR count). The lowest BCUT2D eigenvalue weighted by Gasteiger charge is -2.10. The topological polar surface area (TPSA) is 41.5 Å². The number of aryl methyl sites for hydroxylation is 1. The Kier molecular flexibility index (Phi) is 3.25. The van der Waals surface area contributed by atoms with Gasteiger partial charge in [-0.15, -0.1) is 0 Å². The molecule has 0 bridgehead atoms. The van der Waals surface area contributed by atoms with Gasteiger partial charge in [0.2, 0.25) is 5.91 Å². The van der Waals surface area contributed by atoms with Crippen LogP contribution >= 0.6 is 11.6 Å². The first-order valence-electron chi connectivity index (χ1n) is 4.09. The number of benzene rings is 1. The maximum absolute atomic E-state index is 10.9. The molecule has 0 atom stereocenters. The third kappa shape index (κ3) is 2.12. The number of nitrogens with zero attached hydrogens (tertiary/aromatic N) is 1. The van der Waals surface area contributed by atoms with Crippen molar-refractivity contribution < 1.29 is 4.79 Å². The molecule has 0 fully saturated rings. The molecule has 1 aromatic rings. The number of aliphatic imine (C=N–C) groups is 1. The van der Waals surface area contributed by atoms with Crippen LogP contribution in [0.1, 0.15) is 12.5 Å². The number of rotatable bonds is 2. The van der Waals surface area contributed by atoms with Crippen molar-refractivity contribution in [2.45, 2.75) is 13.8 Å². The molecule has 14 heavy (non-hydrogen) atoms. The second kappa shape index (κ2) is 4.24. The van der Waals surface area contributed by atoms with Gasteiger partial charge >= 0.3 is 0 Å². The summed E-state index contributed by atoms with van der Waals surface area (Å²) in [6.45, 7) is 6.72. The average Bonchev–Trinajstić information content (AvgIpc) is 2.11.